The lowest BCUT2D eigenvalue weighted by atomic mass is 9.90. The van der Waals surface area contributed by atoms with Crippen LogP contribution in [0.4, 0.5) is 0 Å². The summed E-state index contributed by atoms with van der Waals surface area (Å²) in [6.45, 7) is 3.20. The Morgan fingerprint density at radius 2 is 1.96 bits per heavy atom. The second kappa shape index (κ2) is 7.02. The van der Waals surface area contributed by atoms with Gasteiger partial charge in [0.25, 0.3) is 0 Å². The van der Waals surface area contributed by atoms with Gasteiger partial charge in [0.2, 0.25) is 0 Å². The van der Waals surface area contributed by atoms with Crippen LogP contribution >= 0.6 is 12.2 Å². The average molecular weight is 353 g/mol. The minimum atomic E-state index is 0.429. The van der Waals surface area contributed by atoms with Crippen molar-refractivity contribution in [3.8, 4) is 5.75 Å². The molecule has 4 nitrogen and oxygen atoms in total. The first kappa shape index (κ1) is 16.4. The van der Waals surface area contributed by atoms with E-state index in [0.29, 0.717) is 16.4 Å². The molecular formula is C20H23N3OS. The molecule has 0 aliphatic carbocycles. The van der Waals surface area contributed by atoms with Crippen LogP contribution in [0.5, 0.6) is 5.75 Å². The van der Waals surface area contributed by atoms with Crippen molar-refractivity contribution in [1.82, 2.24) is 14.9 Å². The Morgan fingerprint density at radius 1 is 1.12 bits per heavy atom. The highest BCUT2D eigenvalue weighted by Crippen LogP contribution is 2.32. The highest BCUT2D eigenvalue weighted by atomic mass is 32.1. The SMILES string of the molecule is Oc1ccccc1C1CCCN(CCc2ccc3[nH]c(=S)[nH]c3c2)C1. The number of para-hydroxylation sites is 1. The molecule has 0 radical (unpaired) electrons. The number of likely N-dealkylation sites (tertiary alicyclic amines) is 1. The summed E-state index contributed by atoms with van der Waals surface area (Å²) < 4.78 is 0.675. The van der Waals surface area contributed by atoms with E-state index in [4.69, 9.17) is 12.2 Å². The molecule has 1 atom stereocenters. The molecule has 4 rings (SSSR count). The lowest BCUT2D eigenvalue weighted by Gasteiger charge is -2.33. The molecule has 1 saturated heterocycles. The normalized spacial score (nSPS) is 18.6. The van der Waals surface area contributed by atoms with Gasteiger partial charge < -0.3 is 20.0 Å². The fourth-order valence-electron chi connectivity index (χ4n) is 3.87. The second-order valence-corrected chi connectivity index (χ2v) is 7.32. The maximum Gasteiger partial charge on any atom is 0.175 e. The smallest absolute Gasteiger partial charge is 0.175 e. The van der Waals surface area contributed by atoms with Crippen LogP contribution in [-0.2, 0) is 6.42 Å². The van der Waals surface area contributed by atoms with E-state index in [1.54, 1.807) is 6.07 Å². The Morgan fingerprint density at radius 3 is 2.84 bits per heavy atom. The number of phenolic OH excluding ortho intramolecular Hbond substituents is 1. The number of phenols is 1. The summed E-state index contributed by atoms with van der Waals surface area (Å²) in [6.07, 6.45) is 3.36. The summed E-state index contributed by atoms with van der Waals surface area (Å²) in [5, 5.41) is 10.1. The van der Waals surface area contributed by atoms with E-state index in [9.17, 15) is 5.11 Å². The van der Waals surface area contributed by atoms with Crippen molar-refractivity contribution in [2.75, 3.05) is 19.6 Å². The summed E-state index contributed by atoms with van der Waals surface area (Å²) >= 11 is 5.15. The molecule has 2 aromatic carbocycles. The van der Waals surface area contributed by atoms with Crippen molar-refractivity contribution < 1.29 is 5.11 Å². The predicted molar refractivity (Wildman–Crippen MR) is 104 cm³/mol. The third-order valence-corrected chi connectivity index (χ3v) is 5.38. The molecule has 1 aliphatic rings. The first-order valence-electron chi connectivity index (χ1n) is 8.90. The Balaban J connectivity index is 1.41. The number of piperidine rings is 1. The number of rotatable bonds is 4. The second-order valence-electron chi connectivity index (χ2n) is 6.91. The van der Waals surface area contributed by atoms with Gasteiger partial charge in [-0.2, -0.15) is 0 Å². The Bertz CT molecular complexity index is 930. The molecule has 3 aromatic rings. The number of aromatic hydroxyl groups is 1. The zero-order valence-corrected chi connectivity index (χ0v) is 15.0. The van der Waals surface area contributed by atoms with E-state index in [1.165, 1.54) is 12.0 Å². The quantitative estimate of drug-likeness (QED) is 0.611. The maximum atomic E-state index is 10.1. The molecule has 25 heavy (non-hydrogen) atoms. The fraction of sp³-hybridized carbons (Fsp3) is 0.350. The van der Waals surface area contributed by atoms with Crippen LogP contribution in [0.1, 0.15) is 29.9 Å². The van der Waals surface area contributed by atoms with E-state index >= 15 is 0 Å². The third-order valence-electron chi connectivity index (χ3n) is 5.18. The number of aromatic nitrogens is 2. The maximum absolute atomic E-state index is 10.1. The summed E-state index contributed by atoms with van der Waals surface area (Å²) in [4.78, 5) is 8.85. The number of imidazole rings is 1. The van der Waals surface area contributed by atoms with Crippen LogP contribution in [0.2, 0.25) is 0 Å². The Labute approximate surface area is 152 Å². The Hall–Kier alpha value is -2.11. The van der Waals surface area contributed by atoms with Crippen LogP contribution in [0.25, 0.3) is 11.0 Å². The van der Waals surface area contributed by atoms with Crippen molar-refractivity contribution >= 4 is 23.3 Å². The van der Waals surface area contributed by atoms with E-state index in [0.717, 1.165) is 49.1 Å². The van der Waals surface area contributed by atoms with Crippen molar-refractivity contribution in [1.29, 1.82) is 0 Å². The number of H-pyrrole nitrogens is 2. The van der Waals surface area contributed by atoms with Crippen molar-refractivity contribution in [3.05, 3.63) is 58.4 Å². The van der Waals surface area contributed by atoms with Gasteiger partial charge in [-0.1, -0.05) is 24.3 Å². The number of benzene rings is 2. The van der Waals surface area contributed by atoms with Crippen molar-refractivity contribution in [2.24, 2.45) is 0 Å². The average Bonchev–Trinajstić information content (AvgIpc) is 3.00. The first-order chi connectivity index (χ1) is 12.2. The largest absolute Gasteiger partial charge is 0.508 e. The van der Waals surface area contributed by atoms with Gasteiger partial charge >= 0.3 is 0 Å². The number of nitrogens with zero attached hydrogens (tertiary/aromatic N) is 1. The molecule has 1 fully saturated rings. The molecule has 2 heterocycles. The van der Waals surface area contributed by atoms with E-state index in [1.807, 2.05) is 12.1 Å². The third kappa shape index (κ3) is 3.62. The number of fused-ring (bicyclic) bond motifs is 1. The standard InChI is InChI=1S/C20H23N3OS/c24-19-6-2-1-5-16(19)15-4-3-10-23(13-15)11-9-14-7-8-17-18(12-14)22-20(25)21-17/h1-2,5-8,12,15,24H,3-4,9-11,13H2,(H2,21,22,25). The lowest BCUT2D eigenvalue weighted by molar-refractivity contribution is 0.208. The zero-order chi connectivity index (χ0) is 17.2. The molecule has 130 valence electrons. The molecule has 0 bridgehead atoms. The molecule has 1 aliphatic heterocycles. The fourth-order valence-corrected chi connectivity index (χ4v) is 4.09. The van der Waals surface area contributed by atoms with Crippen molar-refractivity contribution in [3.63, 3.8) is 0 Å². The molecule has 0 spiro atoms. The van der Waals surface area contributed by atoms with Gasteiger partial charge in [-0.05, 0) is 67.4 Å². The first-order valence-corrected chi connectivity index (χ1v) is 9.31. The molecule has 0 amide bonds. The summed E-state index contributed by atoms with van der Waals surface area (Å²) in [7, 11) is 0. The van der Waals surface area contributed by atoms with Crippen LogP contribution in [0.3, 0.4) is 0 Å². The number of aromatic amines is 2. The Kier molecular flexibility index (Phi) is 4.59. The van der Waals surface area contributed by atoms with Crippen LogP contribution < -0.4 is 0 Å². The van der Waals surface area contributed by atoms with E-state index in [-0.39, 0.29) is 0 Å². The molecule has 1 aromatic heterocycles. The van der Waals surface area contributed by atoms with Gasteiger partial charge in [-0.25, -0.2) is 0 Å². The van der Waals surface area contributed by atoms with Crippen molar-refractivity contribution in [2.45, 2.75) is 25.2 Å². The molecule has 1 unspecified atom stereocenters. The number of hydrogen-bond donors (Lipinski definition) is 3. The molecule has 0 saturated carbocycles. The molecular weight excluding hydrogens is 330 g/mol. The van der Waals surface area contributed by atoms with Gasteiger partial charge in [0, 0.05) is 19.0 Å². The molecule has 5 heteroatoms. The monoisotopic (exact) mass is 353 g/mol. The topological polar surface area (TPSA) is 55.0 Å². The van der Waals surface area contributed by atoms with Crippen LogP contribution in [-0.4, -0.2) is 39.6 Å². The minimum Gasteiger partial charge on any atom is -0.508 e. The lowest BCUT2D eigenvalue weighted by Crippen LogP contribution is -2.35. The molecule has 3 N–H and O–H groups in total. The van der Waals surface area contributed by atoms with Gasteiger partial charge in [0.1, 0.15) is 5.75 Å². The van der Waals surface area contributed by atoms with E-state index in [2.05, 4.69) is 39.1 Å². The van der Waals surface area contributed by atoms with Gasteiger partial charge in [0.05, 0.1) is 11.0 Å². The van der Waals surface area contributed by atoms with Gasteiger partial charge in [-0.15, -0.1) is 0 Å². The highest BCUT2D eigenvalue weighted by Gasteiger charge is 2.22. The summed E-state index contributed by atoms with van der Waals surface area (Å²) in [5.41, 5.74) is 4.55. The minimum absolute atomic E-state index is 0.429. The van der Waals surface area contributed by atoms with Crippen LogP contribution in [0, 0.1) is 4.77 Å². The highest BCUT2D eigenvalue weighted by molar-refractivity contribution is 7.71. The van der Waals surface area contributed by atoms with Crippen LogP contribution in [0.15, 0.2) is 42.5 Å². The van der Waals surface area contributed by atoms with Gasteiger partial charge in [-0.3, -0.25) is 0 Å². The summed E-state index contributed by atoms with van der Waals surface area (Å²) in [5.74, 6) is 0.862. The number of nitrogens with one attached hydrogen (secondary N) is 2. The summed E-state index contributed by atoms with van der Waals surface area (Å²) in [6, 6.07) is 14.2. The predicted octanol–water partition coefficient (Wildman–Crippen LogP) is 4.35. The number of hydrogen-bond acceptors (Lipinski definition) is 3. The van der Waals surface area contributed by atoms with E-state index < -0.39 is 0 Å². The zero-order valence-electron chi connectivity index (χ0n) is 14.2. The van der Waals surface area contributed by atoms with Gasteiger partial charge in [0.15, 0.2) is 4.77 Å².